The summed E-state index contributed by atoms with van der Waals surface area (Å²) in [5, 5.41) is 11.1. The highest BCUT2D eigenvalue weighted by Gasteiger charge is 2.07. The lowest BCUT2D eigenvalue weighted by Crippen LogP contribution is -2.09. The van der Waals surface area contributed by atoms with E-state index in [1.54, 1.807) is 14.0 Å². The number of aromatic nitrogens is 4. The molecule has 0 radical (unpaired) electrons. The fraction of sp³-hybridized carbons (Fsp3) is 0.286. The van der Waals surface area contributed by atoms with Crippen LogP contribution in [0.3, 0.4) is 0 Å². The van der Waals surface area contributed by atoms with Crippen LogP contribution in [0.25, 0.3) is 10.9 Å². The monoisotopic (exact) mass is 284 g/mol. The van der Waals surface area contributed by atoms with E-state index in [1.165, 1.54) is 0 Å². The van der Waals surface area contributed by atoms with Gasteiger partial charge in [0.15, 0.2) is 5.82 Å². The van der Waals surface area contributed by atoms with E-state index in [0.717, 1.165) is 16.7 Å². The zero-order chi connectivity index (χ0) is 14.7. The predicted molar refractivity (Wildman–Crippen MR) is 80.3 cm³/mol. The molecule has 0 aliphatic rings. The van der Waals surface area contributed by atoms with Crippen molar-refractivity contribution in [3.63, 3.8) is 0 Å². The molecule has 2 aromatic heterocycles. The van der Waals surface area contributed by atoms with Gasteiger partial charge in [-0.05, 0) is 12.1 Å². The van der Waals surface area contributed by atoms with Gasteiger partial charge in [0.25, 0.3) is 0 Å². The van der Waals surface area contributed by atoms with E-state index >= 15 is 0 Å². The summed E-state index contributed by atoms with van der Waals surface area (Å²) in [7, 11) is 1.80. The Morgan fingerprint density at radius 3 is 2.76 bits per heavy atom. The highest BCUT2D eigenvalue weighted by Crippen LogP contribution is 2.21. The number of benzene rings is 1. The molecule has 0 saturated heterocycles. The molecular weight excluding hydrogens is 268 g/mol. The molecule has 0 atom stereocenters. The van der Waals surface area contributed by atoms with Crippen molar-refractivity contribution in [2.45, 2.75) is 13.3 Å². The third kappa shape index (κ3) is 2.91. The first-order valence-corrected chi connectivity index (χ1v) is 6.74. The largest absolute Gasteiger partial charge is 0.369 e. The van der Waals surface area contributed by atoms with Crippen LogP contribution in [0.4, 0.5) is 11.8 Å². The Morgan fingerprint density at radius 1 is 1.14 bits per heavy atom. The molecule has 0 amide bonds. The highest BCUT2D eigenvalue weighted by molar-refractivity contribution is 5.89. The molecule has 0 aliphatic carbocycles. The molecule has 0 aliphatic heterocycles. The lowest BCUT2D eigenvalue weighted by atomic mass is 10.2. The second-order valence-corrected chi connectivity index (χ2v) is 4.57. The lowest BCUT2D eigenvalue weighted by molar-refractivity contribution is 0.387. The van der Waals surface area contributed by atoms with Gasteiger partial charge >= 0.3 is 0 Å². The quantitative estimate of drug-likeness (QED) is 0.740. The average Bonchev–Trinajstić information content (AvgIpc) is 2.92. The van der Waals surface area contributed by atoms with Crippen LogP contribution in [0.5, 0.6) is 0 Å². The summed E-state index contributed by atoms with van der Waals surface area (Å²) < 4.78 is 4.95. The number of nitrogens with one attached hydrogen (secondary N) is 2. The Morgan fingerprint density at radius 2 is 2.00 bits per heavy atom. The smallest absolute Gasteiger partial charge is 0.224 e. The van der Waals surface area contributed by atoms with Crippen molar-refractivity contribution in [1.82, 2.24) is 20.1 Å². The van der Waals surface area contributed by atoms with E-state index in [0.29, 0.717) is 30.6 Å². The molecule has 0 fully saturated rings. The molecule has 0 bridgehead atoms. The average molecular weight is 284 g/mol. The van der Waals surface area contributed by atoms with Crippen molar-refractivity contribution in [3.05, 3.63) is 36.0 Å². The van der Waals surface area contributed by atoms with E-state index in [4.69, 9.17) is 4.52 Å². The fourth-order valence-electron chi connectivity index (χ4n) is 2.06. The molecule has 108 valence electrons. The van der Waals surface area contributed by atoms with E-state index in [9.17, 15) is 0 Å². The van der Waals surface area contributed by atoms with Crippen molar-refractivity contribution in [2.75, 3.05) is 24.2 Å². The molecule has 3 rings (SSSR count). The lowest BCUT2D eigenvalue weighted by Gasteiger charge is -2.09. The summed E-state index contributed by atoms with van der Waals surface area (Å²) in [6.07, 6.45) is 0.671. The van der Waals surface area contributed by atoms with Gasteiger partial charge in [-0.15, -0.1) is 0 Å². The van der Waals surface area contributed by atoms with Gasteiger partial charge in [0.2, 0.25) is 11.8 Å². The molecular formula is C14H16N6O. The topological polar surface area (TPSA) is 88.8 Å². The van der Waals surface area contributed by atoms with E-state index < -0.39 is 0 Å². The summed E-state index contributed by atoms with van der Waals surface area (Å²) in [5.74, 6) is 2.65. The highest BCUT2D eigenvalue weighted by atomic mass is 16.5. The Hall–Kier alpha value is -2.70. The minimum Gasteiger partial charge on any atom is -0.369 e. The molecule has 1 aromatic carbocycles. The van der Waals surface area contributed by atoms with Crippen molar-refractivity contribution >= 4 is 22.7 Å². The van der Waals surface area contributed by atoms with Crippen LogP contribution < -0.4 is 10.6 Å². The van der Waals surface area contributed by atoms with Crippen LogP contribution in [-0.2, 0) is 6.42 Å². The first-order chi connectivity index (χ1) is 10.3. The van der Waals surface area contributed by atoms with Gasteiger partial charge in [-0.3, -0.25) is 0 Å². The molecule has 21 heavy (non-hydrogen) atoms. The predicted octanol–water partition coefficient (Wildman–Crippen LogP) is 2.02. The second-order valence-electron chi connectivity index (χ2n) is 4.57. The zero-order valence-electron chi connectivity index (χ0n) is 11.9. The maximum absolute atomic E-state index is 4.95. The van der Waals surface area contributed by atoms with Crippen molar-refractivity contribution in [3.8, 4) is 0 Å². The van der Waals surface area contributed by atoms with Crippen LogP contribution in [0, 0.1) is 6.92 Å². The summed E-state index contributed by atoms with van der Waals surface area (Å²) in [6.45, 7) is 2.45. The number of para-hydroxylation sites is 1. The molecule has 0 spiro atoms. The number of hydrogen-bond acceptors (Lipinski definition) is 7. The third-order valence-corrected chi connectivity index (χ3v) is 3.04. The molecule has 2 N–H and O–H groups in total. The van der Waals surface area contributed by atoms with E-state index in [-0.39, 0.29) is 0 Å². The van der Waals surface area contributed by atoms with Crippen LogP contribution in [0.1, 0.15) is 11.7 Å². The van der Waals surface area contributed by atoms with Crippen LogP contribution in [0.2, 0.25) is 0 Å². The maximum atomic E-state index is 4.95. The Balaban J connectivity index is 1.79. The van der Waals surface area contributed by atoms with Gasteiger partial charge in [-0.1, -0.05) is 17.3 Å². The number of hydrogen-bond donors (Lipinski definition) is 2. The zero-order valence-corrected chi connectivity index (χ0v) is 11.9. The molecule has 0 saturated carbocycles. The van der Waals surface area contributed by atoms with Gasteiger partial charge in [-0.25, -0.2) is 4.98 Å². The number of rotatable bonds is 5. The minimum absolute atomic E-state index is 0.579. The van der Waals surface area contributed by atoms with Crippen molar-refractivity contribution < 1.29 is 4.52 Å². The molecule has 0 unspecified atom stereocenters. The summed E-state index contributed by atoms with van der Waals surface area (Å²) in [6, 6.07) is 7.89. The number of anilines is 2. The first-order valence-electron chi connectivity index (χ1n) is 6.74. The molecule has 7 nitrogen and oxygen atoms in total. The SMILES string of the molecule is CNc1nc(NCCc2noc(C)n2)c2ccccc2n1. The van der Waals surface area contributed by atoms with Gasteiger partial charge in [-0.2, -0.15) is 9.97 Å². The van der Waals surface area contributed by atoms with Crippen molar-refractivity contribution in [2.24, 2.45) is 0 Å². The molecule has 2 heterocycles. The number of nitrogens with zero attached hydrogens (tertiary/aromatic N) is 4. The van der Waals surface area contributed by atoms with Gasteiger partial charge < -0.3 is 15.2 Å². The Kier molecular flexibility index (Phi) is 3.63. The summed E-state index contributed by atoms with van der Waals surface area (Å²) in [5.41, 5.74) is 0.898. The maximum Gasteiger partial charge on any atom is 0.224 e. The Bertz CT molecular complexity index is 754. The number of fused-ring (bicyclic) bond motifs is 1. The second kappa shape index (κ2) is 5.74. The molecule has 3 aromatic rings. The first kappa shape index (κ1) is 13.3. The van der Waals surface area contributed by atoms with Crippen LogP contribution >= 0.6 is 0 Å². The van der Waals surface area contributed by atoms with E-state index in [2.05, 4.69) is 30.7 Å². The molecule has 7 heteroatoms. The standard InChI is InChI=1S/C14H16N6O/c1-9-17-12(20-21-9)7-8-16-13-10-5-3-4-6-11(10)18-14(15-2)19-13/h3-6H,7-8H2,1-2H3,(H2,15,16,18,19). The normalized spacial score (nSPS) is 10.8. The fourth-order valence-corrected chi connectivity index (χ4v) is 2.06. The minimum atomic E-state index is 0.579. The van der Waals surface area contributed by atoms with Gasteiger partial charge in [0, 0.05) is 32.3 Å². The number of aryl methyl sites for hydroxylation is 1. The summed E-state index contributed by atoms with van der Waals surface area (Å²) in [4.78, 5) is 13.1. The van der Waals surface area contributed by atoms with Gasteiger partial charge in [0.1, 0.15) is 5.82 Å². The van der Waals surface area contributed by atoms with Crippen molar-refractivity contribution in [1.29, 1.82) is 0 Å². The van der Waals surface area contributed by atoms with Crippen LogP contribution in [-0.4, -0.2) is 33.7 Å². The third-order valence-electron chi connectivity index (χ3n) is 3.04. The summed E-state index contributed by atoms with van der Waals surface area (Å²) >= 11 is 0. The Labute approximate surface area is 121 Å². The van der Waals surface area contributed by atoms with Gasteiger partial charge in [0.05, 0.1) is 5.52 Å². The van der Waals surface area contributed by atoms with Crippen LogP contribution in [0.15, 0.2) is 28.8 Å². The van der Waals surface area contributed by atoms with E-state index in [1.807, 2.05) is 24.3 Å².